The quantitative estimate of drug-likeness (QED) is 0.671. The topological polar surface area (TPSA) is 90.8 Å². The van der Waals surface area contributed by atoms with Crippen LogP contribution < -0.4 is 15.4 Å². The Morgan fingerprint density at radius 1 is 1.38 bits per heavy atom. The Labute approximate surface area is 123 Å². The normalized spacial score (nSPS) is 19.8. The number of aliphatic hydroxyl groups excluding tert-OH is 1. The first-order valence-corrected chi connectivity index (χ1v) is 7.34. The number of rotatable bonds is 4. The standard InChI is InChI=1S/C15H20N2O4/c18-7-13(16-9-3-1-2-4-9)11-5-10(19)6-12-15(11)21-8-14(20)17-12/h5-6,9,13,16,18-19H,1-4,7-8H2,(H,17,20). The molecular weight excluding hydrogens is 272 g/mol. The molecule has 6 heteroatoms. The molecule has 1 atom stereocenters. The summed E-state index contributed by atoms with van der Waals surface area (Å²) in [6.07, 6.45) is 4.57. The van der Waals surface area contributed by atoms with E-state index >= 15 is 0 Å². The van der Waals surface area contributed by atoms with E-state index in [1.54, 1.807) is 6.07 Å². The van der Waals surface area contributed by atoms with Crippen LogP contribution in [0.25, 0.3) is 0 Å². The average Bonchev–Trinajstić information content (AvgIpc) is 2.96. The maximum atomic E-state index is 11.4. The van der Waals surface area contributed by atoms with E-state index < -0.39 is 0 Å². The number of hydrogen-bond donors (Lipinski definition) is 4. The zero-order valence-electron chi connectivity index (χ0n) is 11.8. The number of amides is 1. The third-order valence-corrected chi connectivity index (χ3v) is 4.07. The number of aromatic hydroxyl groups is 1. The lowest BCUT2D eigenvalue weighted by atomic mass is 10.0. The fourth-order valence-corrected chi connectivity index (χ4v) is 3.09. The predicted molar refractivity (Wildman–Crippen MR) is 77.5 cm³/mol. The van der Waals surface area contributed by atoms with Crippen molar-refractivity contribution >= 4 is 11.6 Å². The number of phenolic OH excluding ortho intramolecular Hbond substituents is 1. The van der Waals surface area contributed by atoms with Crippen molar-refractivity contribution in [1.82, 2.24) is 5.32 Å². The van der Waals surface area contributed by atoms with Crippen LogP contribution in [0.1, 0.15) is 37.3 Å². The largest absolute Gasteiger partial charge is 0.508 e. The smallest absolute Gasteiger partial charge is 0.262 e. The minimum Gasteiger partial charge on any atom is -0.508 e. The van der Waals surface area contributed by atoms with Gasteiger partial charge in [-0.05, 0) is 18.9 Å². The van der Waals surface area contributed by atoms with Crippen LogP contribution in [0.2, 0.25) is 0 Å². The van der Waals surface area contributed by atoms with Gasteiger partial charge >= 0.3 is 0 Å². The highest BCUT2D eigenvalue weighted by Gasteiger charge is 2.27. The molecule has 0 saturated heterocycles. The van der Waals surface area contributed by atoms with Crippen LogP contribution in [-0.2, 0) is 4.79 Å². The van der Waals surface area contributed by atoms with Gasteiger partial charge in [-0.2, -0.15) is 0 Å². The summed E-state index contributed by atoms with van der Waals surface area (Å²) < 4.78 is 5.49. The van der Waals surface area contributed by atoms with Gasteiger partial charge in [-0.15, -0.1) is 0 Å². The van der Waals surface area contributed by atoms with Crippen molar-refractivity contribution in [3.05, 3.63) is 17.7 Å². The Morgan fingerprint density at radius 2 is 2.14 bits per heavy atom. The fourth-order valence-electron chi connectivity index (χ4n) is 3.09. The lowest BCUT2D eigenvalue weighted by molar-refractivity contribution is -0.118. The molecule has 1 aliphatic carbocycles. The van der Waals surface area contributed by atoms with Crippen LogP contribution in [0.3, 0.4) is 0 Å². The van der Waals surface area contributed by atoms with Crippen LogP contribution in [0.15, 0.2) is 12.1 Å². The molecule has 1 fully saturated rings. The van der Waals surface area contributed by atoms with E-state index in [0.717, 1.165) is 12.8 Å². The molecule has 21 heavy (non-hydrogen) atoms. The van der Waals surface area contributed by atoms with Gasteiger partial charge in [0, 0.05) is 17.7 Å². The summed E-state index contributed by atoms with van der Waals surface area (Å²) in [7, 11) is 0. The Bertz CT molecular complexity index is 541. The van der Waals surface area contributed by atoms with Crippen LogP contribution in [-0.4, -0.2) is 35.4 Å². The molecule has 1 aliphatic heterocycles. The van der Waals surface area contributed by atoms with E-state index in [0.29, 0.717) is 23.0 Å². The molecule has 1 heterocycles. The third kappa shape index (κ3) is 2.96. The molecule has 1 saturated carbocycles. The first kappa shape index (κ1) is 14.2. The highest BCUT2D eigenvalue weighted by Crippen LogP contribution is 2.39. The highest BCUT2D eigenvalue weighted by molar-refractivity contribution is 5.96. The zero-order chi connectivity index (χ0) is 14.8. The number of ether oxygens (including phenoxy) is 1. The minimum atomic E-state index is -0.316. The van der Waals surface area contributed by atoms with E-state index in [-0.39, 0.29) is 30.9 Å². The van der Waals surface area contributed by atoms with E-state index in [4.69, 9.17) is 4.74 Å². The van der Waals surface area contributed by atoms with Gasteiger partial charge in [-0.1, -0.05) is 12.8 Å². The monoisotopic (exact) mass is 292 g/mol. The van der Waals surface area contributed by atoms with Gasteiger partial charge in [0.1, 0.15) is 11.5 Å². The molecule has 0 bridgehead atoms. The van der Waals surface area contributed by atoms with Crippen molar-refractivity contribution in [3.63, 3.8) is 0 Å². The van der Waals surface area contributed by atoms with Crippen LogP contribution >= 0.6 is 0 Å². The number of carbonyl (C=O) groups excluding carboxylic acids is 1. The number of benzene rings is 1. The highest BCUT2D eigenvalue weighted by atomic mass is 16.5. The Balaban J connectivity index is 1.90. The van der Waals surface area contributed by atoms with E-state index in [1.807, 2.05) is 0 Å². The van der Waals surface area contributed by atoms with Gasteiger partial charge < -0.3 is 25.6 Å². The number of nitrogens with one attached hydrogen (secondary N) is 2. The second kappa shape index (κ2) is 5.91. The van der Waals surface area contributed by atoms with Crippen molar-refractivity contribution in [1.29, 1.82) is 0 Å². The van der Waals surface area contributed by atoms with E-state index in [2.05, 4.69) is 10.6 Å². The first-order chi connectivity index (χ1) is 10.2. The summed E-state index contributed by atoms with van der Waals surface area (Å²) in [6.45, 7) is -0.143. The van der Waals surface area contributed by atoms with Crippen molar-refractivity contribution in [2.75, 3.05) is 18.5 Å². The molecule has 0 radical (unpaired) electrons. The van der Waals surface area contributed by atoms with Gasteiger partial charge in [-0.25, -0.2) is 0 Å². The second-order valence-corrected chi connectivity index (χ2v) is 5.63. The molecule has 114 valence electrons. The molecule has 2 aliphatic rings. The summed E-state index contributed by atoms with van der Waals surface area (Å²) in [5.41, 5.74) is 1.13. The van der Waals surface area contributed by atoms with Crippen molar-refractivity contribution in [2.45, 2.75) is 37.8 Å². The molecule has 4 N–H and O–H groups in total. The van der Waals surface area contributed by atoms with Crippen molar-refractivity contribution < 1.29 is 19.7 Å². The lowest BCUT2D eigenvalue weighted by Crippen LogP contribution is -2.34. The second-order valence-electron chi connectivity index (χ2n) is 5.63. The lowest BCUT2D eigenvalue weighted by Gasteiger charge is -2.27. The molecule has 0 spiro atoms. The van der Waals surface area contributed by atoms with Crippen molar-refractivity contribution in [2.24, 2.45) is 0 Å². The number of fused-ring (bicyclic) bond motifs is 1. The summed E-state index contributed by atoms with van der Waals surface area (Å²) in [5, 5.41) is 25.6. The van der Waals surface area contributed by atoms with Gasteiger partial charge in [-0.3, -0.25) is 4.79 Å². The molecule has 1 unspecified atom stereocenters. The van der Waals surface area contributed by atoms with E-state index in [1.165, 1.54) is 18.9 Å². The number of carbonyl (C=O) groups is 1. The molecule has 6 nitrogen and oxygen atoms in total. The molecule has 1 aromatic carbocycles. The van der Waals surface area contributed by atoms with Crippen LogP contribution in [0.5, 0.6) is 11.5 Å². The SMILES string of the molecule is O=C1COc2c(cc(O)cc2C(CO)NC2CCCC2)N1. The molecule has 1 aromatic rings. The van der Waals surface area contributed by atoms with E-state index in [9.17, 15) is 15.0 Å². The Morgan fingerprint density at radius 3 is 2.86 bits per heavy atom. The summed E-state index contributed by atoms with van der Waals surface area (Å²) in [5.74, 6) is 0.321. The summed E-state index contributed by atoms with van der Waals surface area (Å²) in [4.78, 5) is 11.4. The zero-order valence-corrected chi connectivity index (χ0v) is 11.8. The fraction of sp³-hybridized carbons (Fsp3) is 0.533. The van der Waals surface area contributed by atoms with Crippen LogP contribution in [0.4, 0.5) is 5.69 Å². The Kier molecular flexibility index (Phi) is 3.98. The Hall–Kier alpha value is -1.79. The molecule has 0 aromatic heterocycles. The maximum Gasteiger partial charge on any atom is 0.262 e. The van der Waals surface area contributed by atoms with Gasteiger partial charge in [0.25, 0.3) is 5.91 Å². The van der Waals surface area contributed by atoms with Gasteiger partial charge in [0.15, 0.2) is 6.61 Å². The molecular formula is C15H20N2O4. The van der Waals surface area contributed by atoms with Crippen molar-refractivity contribution in [3.8, 4) is 11.5 Å². The van der Waals surface area contributed by atoms with Gasteiger partial charge in [0.05, 0.1) is 18.3 Å². The predicted octanol–water partition coefficient (Wildman–Crippen LogP) is 1.29. The molecule has 3 rings (SSSR count). The number of anilines is 1. The minimum absolute atomic E-state index is 0.0428. The number of hydrogen-bond acceptors (Lipinski definition) is 5. The van der Waals surface area contributed by atoms with Gasteiger partial charge in [0.2, 0.25) is 0 Å². The summed E-state index contributed by atoms with van der Waals surface area (Å²) in [6, 6.07) is 3.10. The van der Waals surface area contributed by atoms with Crippen LogP contribution in [0, 0.1) is 0 Å². The number of phenols is 1. The molecule has 1 amide bonds. The average molecular weight is 292 g/mol. The third-order valence-electron chi connectivity index (χ3n) is 4.07. The number of aliphatic hydroxyl groups is 1. The maximum absolute atomic E-state index is 11.4. The summed E-state index contributed by atoms with van der Waals surface area (Å²) >= 11 is 0. The first-order valence-electron chi connectivity index (χ1n) is 7.34.